The highest BCUT2D eigenvalue weighted by Crippen LogP contribution is 2.33. The highest BCUT2D eigenvalue weighted by atomic mass is 35.5. The highest BCUT2D eigenvalue weighted by Gasteiger charge is 2.33. The largest absolute Gasteiger partial charge is 0.417 e. The van der Waals surface area contributed by atoms with Gasteiger partial charge in [0.15, 0.2) is 0 Å². The van der Waals surface area contributed by atoms with Crippen LogP contribution in [0, 0.1) is 0 Å². The molecule has 1 aromatic heterocycles. The zero-order chi connectivity index (χ0) is 18.0. The zero-order valence-corrected chi connectivity index (χ0v) is 14.1. The number of nitrogens with zero attached hydrogens (tertiary/aromatic N) is 3. The van der Waals surface area contributed by atoms with Gasteiger partial charge in [-0.05, 0) is 6.07 Å². The van der Waals surface area contributed by atoms with E-state index in [2.05, 4.69) is 10.3 Å². The van der Waals surface area contributed by atoms with Crippen molar-refractivity contribution in [2.45, 2.75) is 12.2 Å². The molecule has 0 radical (unpaired) electrons. The normalized spacial score (nSPS) is 22.2. The number of morpholine rings is 1. The standard InChI is InChI=1S/C15H18ClF3N4O2/c16-11-7-10(15(17,18)19)8-21-13(11)22-2-4-23(5-3-22)14(24)12-9-25-6-1-20-12/h7-8,12,20H,1-6,9H2. The van der Waals surface area contributed by atoms with Crippen molar-refractivity contribution in [2.75, 3.05) is 50.8 Å². The Hall–Kier alpha value is -1.58. The first-order chi connectivity index (χ1) is 11.9. The SMILES string of the molecule is O=C(C1COCCN1)N1CCN(c2ncc(C(F)(F)F)cc2Cl)CC1. The number of piperazine rings is 1. The molecule has 1 amide bonds. The minimum absolute atomic E-state index is 0.0224. The third-order valence-electron chi connectivity index (χ3n) is 4.26. The van der Waals surface area contributed by atoms with Crippen molar-refractivity contribution in [2.24, 2.45) is 0 Å². The summed E-state index contributed by atoms with van der Waals surface area (Å²) in [5.41, 5.74) is -0.876. The van der Waals surface area contributed by atoms with Crippen LogP contribution in [0.5, 0.6) is 0 Å². The number of carbonyl (C=O) groups is 1. The molecule has 1 N–H and O–H groups in total. The van der Waals surface area contributed by atoms with Crippen molar-refractivity contribution < 1.29 is 22.7 Å². The summed E-state index contributed by atoms with van der Waals surface area (Å²) in [5.74, 6) is 0.284. The number of alkyl halides is 3. The number of halogens is 4. The third kappa shape index (κ3) is 4.16. The number of aromatic nitrogens is 1. The summed E-state index contributed by atoms with van der Waals surface area (Å²) in [7, 11) is 0. The molecule has 3 rings (SSSR count). The van der Waals surface area contributed by atoms with Gasteiger partial charge in [0.1, 0.15) is 11.9 Å². The Morgan fingerprint density at radius 3 is 2.60 bits per heavy atom. The van der Waals surface area contributed by atoms with E-state index < -0.39 is 11.7 Å². The molecule has 1 atom stereocenters. The lowest BCUT2D eigenvalue weighted by Crippen LogP contribution is -2.57. The fraction of sp³-hybridized carbons (Fsp3) is 0.600. The number of ether oxygens (including phenoxy) is 1. The van der Waals surface area contributed by atoms with Crippen LogP contribution < -0.4 is 10.2 Å². The Balaban J connectivity index is 1.61. The first kappa shape index (κ1) is 18.2. The third-order valence-corrected chi connectivity index (χ3v) is 4.54. The van der Waals surface area contributed by atoms with Gasteiger partial charge in [0.2, 0.25) is 5.91 Å². The molecular weight excluding hydrogens is 361 g/mol. The minimum atomic E-state index is -4.48. The fourth-order valence-electron chi connectivity index (χ4n) is 2.90. The van der Waals surface area contributed by atoms with Crippen LogP contribution in [-0.2, 0) is 15.7 Å². The van der Waals surface area contributed by atoms with Crippen LogP contribution in [0.3, 0.4) is 0 Å². The number of amides is 1. The maximum atomic E-state index is 12.7. The first-order valence-corrected chi connectivity index (χ1v) is 8.31. The zero-order valence-electron chi connectivity index (χ0n) is 13.4. The lowest BCUT2D eigenvalue weighted by atomic mass is 10.2. The van der Waals surface area contributed by atoms with E-state index in [9.17, 15) is 18.0 Å². The Morgan fingerprint density at radius 2 is 2.04 bits per heavy atom. The minimum Gasteiger partial charge on any atom is -0.378 e. The van der Waals surface area contributed by atoms with Crippen LogP contribution in [0.4, 0.5) is 19.0 Å². The molecular formula is C15H18ClF3N4O2. The Kier molecular flexibility index (Phi) is 5.35. The molecule has 0 saturated carbocycles. The molecule has 0 bridgehead atoms. The molecule has 138 valence electrons. The molecule has 25 heavy (non-hydrogen) atoms. The summed E-state index contributed by atoms with van der Waals surface area (Å²) in [5, 5.41) is 3.07. The summed E-state index contributed by atoms with van der Waals surface area (Å²) in [4.78, 5) is 19.8. The summed E-state index contributed by atoms with van der Waals surface area (Å²) in [6.45, 7) is 3.41. The number of carbonyl (C=O) groups excluding carboxylic acids is 1. The van der Waals surface area contributed by atoms with Crippen molar-refractivity contribution in [3.63, 3.8) is 0 Å². The number of pyridine rings is 1. The molecule has 2 aliphatic rings. The van der Waals surface area contributed by atoms with Gasteiger partial charge in [-0.2, -0.15) is 13.2 Å². The van der Waals surface area contributed by atoms with Crippen LogP contribution >= 0.6 is 11.6 Å². The van der Waals surface area contributed by atoms with Crippen molar-refractivity contribution in [3.05, 3.63) is 22.8 Å². The smallest absolute Gasteiger partial charge is 0.378 e. The Morgan fingerprint density at radius 1 is 1.32 bits per heavy atom. The number of hydrogen-bond acceptors (Lipinski definition) is 5. The first-order valence-electron chi connectivity index (χ1n) is 7.94. The van der Waals surface area contributed by atoms with E-state index in [1.54, 1.807) is 9.80 Å². The number of anilines is 1. The predicted molar refractivity (Wildman–Crippen MR) is 85.7 cm³/mol. The lowest BCUT2D eigenvalue weighted by molar-refractivity contribution is -0.138. The predicted octanol–water partition coefficient (Wildman–Crippen LogP) is 1.39. The van der Waals surface area contributed by atoms with Gasteiger partial charge >= 0.3 is 6.18 Å². The van der Waals surface area contributed by atoms with Crippen LogP contribution in [0.15, 0.2) is 12.3 Å². The van der Waals surface area contributed by atoms with Crippen LogP contribution in [-0.4, -0.2) is 67.8 Å². The molecule has 0 aromatic carbocycles. The topological polar surface area (TPSA) is 57.7 Å². The molecule has 0 spiro atoms. The molecule has 2 saturated heterocycles. The quantitative estimate of drug-likeness (QED) is 0.843. The summed E-state index contributed by atoms with van der Waals surface area (Å²) >= 11 is 5.98. The lowest BCUT2D eigenvalue weighted by Gasteiger charge is -2.38. The number of hydrogen-bond donors (Lipinski definition) is 1. The highest BCUT2D eigenvalue weighted by molar-refractivity contribution is 6.33. The summed E-state index contributed by atoms with van der Waals surface area (Å²) < 4.78 is 43.4. The van der Waals surface area contributed by atoms with Gasteiger partial charge in [-0.25, -0.2) is 4.98 Å². The molecule has 10 heteroatoms. The van der Waals surface area contributed by atoms with Gasteiger partial charge in [0, 0.05) is 38.9 Å². The van der Waals surface area contributed by atoms with Crippen molar-refractivity contribution >= 4 is 23.3 Å². The van der Waals surface area contributed by atoms with E-state index in [0.717, 1.165) is 12.3 Å². The summed E-state index contributed by atoms with van der Waals surface area (Å²) in [6.07, 6.45) is -3.70. The molecule has 2 fully saturated rings. The second-order valence-corrected chi connectivity index (χ2v) is 6.33. The van der Waals surface area contributed by atoms with Gasteiger partial charge in [0.25, 0.3) is 0 Å². The van der Waals surface area contributed by atoms with Gasteiger partial charge in [-0.1, -0.05) is 11.6 Å². The summed E-state index contributed by atoms with van der Waals surface area (Å²) in [6, 6.07) is 0.540. The number of nitrogens with one attached hydrogen (secondary N) is 1. The second kappa shape index (κ2) is 7.35. The van der Waals surface area contributed by atoms with Crippen molar-refractivity contribution in [1.82, 2.24) is 15.2 Å². The van der Waals surface area contributed by atoms with E-state index in [4.69, 9.17) is 16.3 Å². The van der Waals surface area contributed by atoms with E-state index in [1.165, 1.54) is 0 Å². The van der Waals surface area contributed by atoms with Crippen molar-refractivity contribution in [3.8, 4) is 0 Å². The maximum absolute atomic E-state index is 12.7. The van der Waals surface area contributed by atoms with Gasteiger partial charge < -0.3 is 19.9 Å². The van der Waals surface area contributed by atoms with E-state index in [-0.39, 0.29) is 17.0 Å². The molecule has 0 aliphatic carbocycles. The van der Waals surface area contributed by atoms with Crippen LogP contribution in [0.25, 0.3) is 0 Å². The molecule has 3 heterocycles. The maximum Gasteiger partial charge on any atom is 0.417 e. The van der Waals surface area contributed by atoms with Gasteiger partial charge in [-0.3, -0.25) is 4.79 Å². The van der Waals surface area contributed by atoms with E-state index in [0.29, 0.717) is 51.8 Å². The van der Waals surface area contributed by atoms with Crippen LogP contribution in [0.2, 0.25) is 5.02 Å². The molecule has 1 aromatic rings. The van der Waals surface area contributed by atoms with E-state index in [1.807, 2.05) is 0 Å². The van der Waals surface area contributed by atoms with Gasteiger partial charge in [-0.15, -0.1) is 0 Å². The fourth-order valence-corrected chi connectivity index (χ4v) is 3.19. The average Bonchev–Trinajstić information content (AvgIpc) is 2.61. The number of rotatable bonds is 2. The average molecular weight is 379 g/mol. The Bertz CT molecular complexity index is 630. The second-order valence-electron chi connectivity index (χ2n) is 5.92. The van der Waals surface area contributed by atoms with E-state index >= 15 is 0 Å². The Labute approximate surface area is 147 Å². The van der Waals surface area contributed by atoms with Crippen molar-refractivity contribution in [1.29, 1.82) is 0 Å². The van der Waals surface area contributed by atoms with Gasteiger partial charge in [0.05, 0.1) is 23.8 Å². The molecule has 2 aliphatic heterocycles. The van der Waals surface area contributed by atoms with Crippen LogP contribution in [0.1, 0.15) is 5.56 Å². The molecule has 1 unspecified atom stereocenters. The molecule has 6 nitrogen and oxygen atoms in total. The monoisotopic (exact) mass is 378 g/mol.